The molecular formula is C31H41N3O4. The van der Waals surface area contributed by atoms with Crippen molar-refractivity contribution in [2.75, 3.05) is 12.4 Å². The number of anilines is 1. The number of nitrogens with zero attached hydrogens (tertiary/aromatic N) is 2. The molecule has 2 aromatic carbocycles. The minimum atomic E-state index is 0.0184. The molecule has 0 spiro atoms. The van der Waals surface area contributed by atoms with E-state index in [0.717, 1.165) is 72.5 Å². The Labute approximate surface area is 226 Å². The van der Waals surface area contributed by atoms with Gasteiger partial charge in [-0.1, -0.05) is 38.8 Å². The molecule has 0 bridgehead atoms. The van der Waals surface area contributed by atoms with Gasteiger partial charge in [0.25, 0.3) is 0 Å². The van der Waals surface area contributed by atoms with Crippen LogP contribution >= 0.6 is 0 Å². The largest absolute Gasteiger partial charge is 0.493 e. The maximum atomic E-state index is 13.0. The van der Waals surface area contributed by atoms with Crippen LogP contribution in [0.15, 0.2) is 47.6 Å². The quantitative estimate of drug-likeness (QED) is 0.317. The van der Waals surface area contributed by atoms with Crippen molar-refractivity contribution in [3.05, 3.63) is 53.6 Å². The van der Waals surface area contributed by atoms with E-state index >= 15 is 0 Å². The van der Waals surface area contributed by atoms with Gasteiger partial charge in [0.15, 0.2) is 11.5 Å². The van der Waals surface area contributed by atoms with Crippen LogP contribution in [-0.4, -0.2) is 35.7 Å². The lowest BCUT2D eigenvalue weighted by atomic mass is 9.89. The van der Waals surface area contributed by atoms with E-state index in [2.05, 4.69) is 19.2 Å². The van der Waals surface area contributed by atoms with Gasteiger partial charge in [0.2, 0.25) is 11.8 Å². The Morgan fingerprint density at radius 3 is 2.50 bits per heavy atom. The molecule has 7 nitrogen and oxygen atoms in total. The van der Waals surface area contributed by atoms with Crippen molar-refractivity contribution in [3.8, 4) is 11.5 Å². The summed E-state index contributed by atoms with van der Waals surface area (Å²) in [5.74, 6) is 1.57. The first-order valence-electron chi connectivity index (χ1n) is 14.1. The molecule has 0 aromatic heterocycles. The van der Waals surface area contributed by atoms with Gasteiger partial charge in [-0.25, -0.2) is 5.01 Å². The Kier molecular flexibility index (Phi) is 9.79. The number of ether oxygens (including phenoxy) is 2. The summed E-state index contributed by atoms with van der Waals surface area (Å²) in [5, 5.41) is 9.38. The van der Waals surface area contributed by atoms with Crippen LogP contribution < -0.4 is 14.8 Å². The van der Waals surface area contributed by atoms with E-state index in [1.54, 1.807) is 12.1 Å². The molecule has 1 aliphatic heterocycles. The van der Waals surface area contributed by atoms with E-state index in [9.17, 15) is 9.59 Å². The van der Waals surface area contributed by atoms with E-state index in [1.165, 1.54) is 12.8 Å². The van der Waals surface area contributed by atoms with E-state index in [-0.39, 0.29) is 23.8 Å². The van der Waals surface area contributed by atoms with Gasteiger partial charge in [0.05, 0.1) is 25.5 Å². The second kappa shape index (κ2) is 13.4. The van der Waals surface area contributed by atoms with Gasteiger partial charge in [-0.05, 0) is 74.4 Å². The fourth-order valence-electron chi connectivity index (χ4n) is 5.17. The van der Waals surface area contributed by atoms with Crippen LogP contribution in [-0.2, 0) is 16.1 Å². The molecule has 7 heteroatoms. The predicted octanol–water partition coefficient (Wildman–Crippen LogP) is 6.70. The Hall–Kier alpha value is -3.35. The molecule has 0 radical (unpaired) electrons. The molecule has 2 amide bonds. The van der Waals surface area contributed by atoms with Gasteiger partial charge in [-0.2, -0.15) is 5.10 Å². The lowest BCUT2D eigenvalue weighted by Crippen LogP contribution is -2.36. The predicted molar refractivity (Wildman–Crippen MR) is 151 cm³/mol. The molecule has 4 rings (SSSR count). The van der Waals surface area contributed by atoms with Crippen molar-refractivity contribution in [2.45, 2.75) is 90.7 Å². The summed E-state index contributed by atoms with van der Waals surface area (Å²) in [4.78, 5) is 25.1. The molecule has 2 aliphatic rings. The highest BCUT2D eigenvalue weighted by atomic mass is 16.5. The van der Waals surface area contributed by atoms with Crippen molar-refractivity contribution in [1.82, 2.24) is 5.01 Å². The summed E-state index contributed by atoms with van der Waals surface area (Å²) in [5.41, 5.74) is 3.59. The SMILES string of the molecule is CCCCCC(=O)Nc1ccc(CN2N=C(c3ccc(OC)c(OC4CCCC4)c3)C(CC)CC2=O)cc1. The molecule has 1 aliphatic carbocycles. The van der Waals surface area contributed by atoms with E-state index in [4.69, 9.17) is 14.6 Å². The van der Waals surface area contributed by atoms with E-state index in [0.29, 0.717) is 19.4 Å². The van der Waals surface area contributed by atoms with E-state index < -0.39 is 0 Å². The molecule has 38 heavy (non-hydrogen) atoms. The Balaban J connectivity index is 1.49. The highest BCUT2D eigenvalue weighted by Gasteiger charge is 2.30. The van der Waals surface area contributed by atoms with E-state index in [1.807, 2.05) is 42.5 Å². The fraction of sp³-hybridized carbons (Fsp3) is 0.516. The standard InChI is InChI=1S/C31H41N3O4/c1-4-6-7-12-29(35)32-25-16-13-22(14-17-25)21-34-30(36)20-23(5-2)31(33-34)24-15-18-27(37-3)28(19-24)38-26-10-8-9-11-26/h13-19,23,26H,4-12,20-21H2,1-3H3,(H,32,35). The molecule has 1 atom stereocenters. The van der Waals surface area contributed by atoms with Crippen LogP contribution in [0.3, 0.4) is 0 Å². The molecule has 2 aromatic rings. The van der Waals surface area contributed by atoms with Crippen molar-refractivity contribution in [2.24, 2.45) is 11.0 Å². The van der Waals surface area contributed by atoms with Gasteiger partial charge in [-0.15, -0.1) is 0 Å². The topological polar surface area (TPSA) is 80.2 Å². The first-order chi connectivity index (χ1) is 18.5. The smallest absolute Gasteiger partial charge is 0.243 e. The van der Waals surface area contributed by atoms with Crippen LogP contribution in [0, 0.1) is 5.92 Å². The van der Waals surface area contributed by atoms with Gasteiger partial charge >= 0.3 is 0 Å². The number of benzene rings is 2. The number of nitrogens with one attached hydrogen (secondary N) is 1. The third kappa shape index (κ3) is 7.15. The second-order valence-corrected chi connectivity index (χ2v) is 10.3. The molecule has 0 saturated heterocycles. The normalized spacial score (nSPS) is 17.9. The molecule has 1 unspecified atom stereocenters. The minimum absolute atomic E-state index is 0.0184. The van der Waals surface area contributed by atoms with Crippen LogP contribution in [0.2, 0.25) is 0 Å². The maximum Gasteiger partial charge on any atom is 0.243 e. The lowest BCUT2D eigenvalue weighted by molar-refractivity contribution is -0.133. The maximum absolute atomic E-state index is 13.0. The van der Waals surface area contributed by atoms with Gasteiger partial charge < -0.3 is 14.8 Å². The summed E-state index contributed by atoms with van der Waals surface area (Å²) in [6.07, 6.45) is 9.58. The third-order valence-electron chi connectivity index (χ3n) is 7.45. The number of hydrogen-bond acceptors (Lipinski definition) is 5. The van der Waals surface area contributed by atoms with Crippen LogP contribution in [0.4, 0.5) is 5.69 Å². The van der Waals surface area contributed by atoms with Crippen LogP contribution in [0.25, 0.3) is 0 Å². The second-order valence-electron chi connectivity index (χ2n) is 10.3. The van der Waals surface area contributed by atoms with Crippen LogP contribution in [0.5, 0.6) is 11.5 Å². The fourth-order valence-corrected chi connectivity index (χ4v) is 5.17. The zero-order valence-corrected chi connectivity index (χ0v) is 23.0. The highest BCUT2D eigenvalue weighted by molar-refractivity contribution is 6.06. The number of carbonyl (C=O) groups is 2. The van der Waals surface area contributed by atoms with Gasteiger partial charge in [0, 0.05) is 30.0 Å². The van der Waals surface area contributed by atoms with Crippen LogP contribution in [0.1, 0.15) is 89.2 Å². The monoisotopic (exact) mass is 519 g/mol. The highest BCUT2D eigenvalue weighted by Crippen LogP contribution is 2.34. The van der Waals surface area contributed by atoms with Crippen molar-refractivity contribution >= 4 is 23.2 Å². The summed E-state index contributed by atoms with van der Waals surface area (Å²) in [7, 11) is 1.66. The number of hydrogen-bond donors (Lipinski definition) is 1. The number of amides is 2. The number of rotatable bonds is 12. The average molecular weight is 520 g/mol. The average Bonchev–Trinajstić information content (AvgIpc) is 3.44. The number of methoxy groups -OCH3 is 1. The van der Waals surface area contributed by atoms with Crippen molar-refractivity contribution < 1.29 is 19.1 Å². The van der Waals surface area contributed by atoms with Gasteiger partial charge in [0.1, 0.15) is 0 Å². The lowest BCUT2D eigenvalue weighted by Gasteiger charge is -2.29. The first-order valence-corrected chi connectivity index (χ1v) is 14.1. The number of carbonyl (C=O) groups excluding carboxylic acids is 2. The molecule has 1 N–H and O–H groups in total. The molecule has 1 saturated carbocycles. The Bertz CT molecular complexity index is 1120. The summed E-state index contributed by atoms with van der Waals surface area (Å²) in [6.45, 7) is 4.60. The zero-order valence-electron chi connectivity index (χ0n) is 23.0. The zero-order chi connectivity index (χ0) is 26.9. The summed E-state index contributed by atoms with van der Waals surface area (Å²) < 4.78 is 11.9. The molecule has 1 heterocycles. The Morgan fingerprint density at radius 1 is 1.05 bits per heavy atom. The summed E-state index contributed by atoms with van der Waals surface area (Å²) in [6, 6.07) is 13.6. The minimum Gasteiger partial charge on any atom is -0.493 e. The summed E-state index contributed by atoms with van der Waals surface area (Å²) >= 11 is 0. The number of unbranched alkanes of at least 4 members (excludes halogenated alkanes) is 2. The number of hydrazone groups is 1. The van der Waals surface area contributed by atoms with Gasteiger partial charge in [-0.3, -0.25) is 9.59 Å². The first kappa shape index (κ1) is 27.7. The molecular weight excluding hydrogens is 478 g/mol. The molecule has 204 valence electrons. The van der Waals surface area contributed by atoms with Crippen molar-refractivity contribution in [1.29, 1.82) is 0 Å². The van der Waals surface area contributed by atoms with Crippen molar-refractivity contribution in [3.63, 3.8) is 0 Å². The third-order valence-corrected chi connectivity index (χ3v) is 7.45. The Morgan fingerprint density at radius 2 is 1.82 bits per heavy atom. The molecule has 1 fully saturated rings.